The van der Waals surface area contributed by atoms with Gasteiger partial charge in [0, 0.05) is 31.4 Å². The van der Waals surface area contributed by atoms with Gasteiger partial charge in [0.2, 0.25) is 0 Å². The van der Waals surface area contributed by atoms with Crippen molar-refractivity contribution < 1.29 is 9.47 Å². The van der Waals surface area contributed by atoms with Crippen LogP contribution in [0.3, 0.4) is 0 Å². The minimum absolute atomic E-state index is 0.00436. The van der Waals surface area contributed by atoms with Gasteiger partial charge in [0.1, 0.15) is 17.2 Å². The van der Waals surface area contributed by atoms with Gasteiger partial charge in [0.05, 0.1) is 6.10 Å². The largest absolute Gasteiger partial charge is 0.457 e. The molecule has 0 radical (unpaired) electrons. The normalized spacial score (nSPS) is 11.8. The van der Waals surface area contributed by atoms with Gasteiger partial charge in [-0.05, 0) is 42.3 Å². The predicted octanol–water partition coefficient (Wildman–Crippen LogP) is 5.61. The summed E-state index contributed by atoms with van der Waals surface area (Å²) in [6.07, 6.45) is -0.00436. The maximum atomic E-state index is 12.4. The fraction of sp³-hybridized carbons (Fsp3) is 0.154. The van der Waals surface area contributed by atoms with Crippen LogP contribution in [0.4, 0.5) is 0 Å². The summed E-state index contributed by atoms with van der Waals surface area (Å²) in [5, 5.41) is 4.59. The summed E-state index contributed by atoms with van der Waals surface area (Å²) in [5.74, 6) is 1.41. The molecule has 1 atom stereocenters. The minimum atomic E-state index is -0.172. The van der Waals surface area contributed by atoms with Crippen molar-refractivity contribution in [3.63, 3.8) is 0 Å². The van der Waals surface area contributed by atoms with Crippen LogP contribution in [0.15, 0.2) is 89.7 Å². The van der Waals surface area contributed by atoms with Crippen molar-refractivity contribution in [2.24, 2.45) is 7.05 Å². The second kappa shape index (κ2) is 8.98. The van der Waals surface area contributed by atoms with Gasteiger partial charge >= 0.3 is 0 Å². The molecule has 0 saturated carbocycles. The van der Waals surface area contributed by atoms with Gasteiger partial charge in [-0.25, -0.2) is 4.68 Å². The lowest BCUT2D eigenvalue weighted by Gasteiger charge is -2.15. The first-order valence-electron chi connectivity index (χ1n) is 10.1. The summed E-state index contributed by atoms with van der Waals surface area (Å²) in [5.41, 5.74) is 4.05. The molecule has 31 heavy (non-hydrogen) atoms. The molecule has 0 amide bonds. The monoisotopic (exact) mass is 412 g/mol. The fourth-order valence-corrected chi connectivity index (χ4v) is 3.39. The van der Waals surface area contributed by atoms with E-state index in [0.717, 1.165) is 28.0 Å². The SMILES string of the molecule is COC(C)c1ccc(-c2cc(=O)n(C)nc2-c2ccccc2Oc2ccccc2)cc1. The third-order valence-corrected chi connectivity index (χ3v) is 5.25. The van der Waals surface area contributed by atoms with Crippen LogP contribution in [-0.4, -0.2) is 16.9 Å². The van der Waals surface area contributed by atoms with Gasteiger partial charge in [0.15, 0.2) is 0 Å². The predicted molar refractivity (Wildman–Crippen MR) is 122 cm³/mol. The van der Waals surface area contributed by atoms with E-state index in [1.165, 1.54) is 4.68 Å². The van der Waals surface area contributed by atoms with Crippen LogP contribution in [0.1, 0.15) is 18.6 Å². The van der Waals surface area contributed by atoms with E-state index in [4.69, 9.17) is 9.47 Å². The molecule has 0 aliphatic heterocycles. The average Bonchev–Trinajstić information content (AvgIpc) is 2.81. The van der Waals surface area contributed by atoms with Crippen molar-refractivity contribution in [2.75, 3.05) is 7.11 Å². The number of benzene rings is 3. The molecule has 1 unspecified atom stereocenters. The Morgan fingerprint density at radius 3 is 2.26 bits per heavy atom. The fourth-order valence-electron chi connectivity index (χ4n) is 3.39. The minimum Gasteiger partial charge on any atom is -0.457 e. The highest BCUT2D eigenvalue weighted by Gasteiger charge is 2.17. The lowest BCUT2D eigenvalue weighted by molar-refractivity contribution is 0.119. The Labute approximate surface area is 181 Å². The molecular formula is C26H24N2O3. The molecule has 5 nitrogen and oxygen atoms in total. The second-order valence-corrected chi connectivity index (χ2v) is 7.28. The average molecular weight is 412 g/mol. The van der Waals surface area contributed by atoms with E-state index in [1.54, 1.807) is 20.2 Å². The first kappa shape index (κ1) is 20.6. The molecular weight excluding hydrogens is 388 g/mol. The molecule has 0 bridgehead atoms. The third-order valence-electron chi connectivity index (χ3n) is 5.25. The Hall–Kier alpha value is -3.70. The maximum Gasteiger partial charge on any atom is 0.267 e. The number of ether oxygens (including phenoxy) is 2. The number of aromatic nitrogens is 2. The maximum absolute atomic E-state index is 12.4. The molecule has 0 aliphatic rings. The molecule has 5 heteroatoms. The molecule has 1 aromatic heterocycles. The summed E-state index contributed by atoms with van der Waals surface area (Å²) in [7, 11) is 3.34. The molecule has 4 aromatic rings. The van der Waals surface area contributed by atoms with E-state index < -0.39 is 0 Å². The van der Waals surface area contributed by atoms with Gasteiger partial charge in [0.25, 0.3) is 5.56 Å². The van der Waals surface area contributed by atoms with Crippen LogP contribution in [0.25, 0.3) is 22.4 Å². The van der Waals surface area contributed by atoms with Crippen LogP contribution >= 0.6 is 0 Å². The molecule has 0 spiro atoms. The first-order chi connectivity index (χ1) is 15.1. The molecule has 1 heterocycles. The number of aryl methyl sites for hydroxylation is 1. The van der Waals surface area contributed by atoms with Gasteiger partial charge in [-0.3, -0.25) is 4.79 Å². The lowest BCUT2D eigenvalue weighted by atomic mass is 9.97. The Morgan fingerprint density at radius 2 is 1.55 bits per heavy atom. The molecule has 4 rings (SSSR count). The van der Waals surface area contributed by atoms with Crippen molar-refractivity contribution in [2.45, 2.75) is 13.0 Å². The van der Waals surface area contributed by atoms with E-state index in [-0.39, 0.29) is 11.7 Å². The summed E-state index contributed by atoms with van der Waals surface area (Å²) in [6, 6.07) is 27.0. The topological polar surface area (TPSA) is 53.4 Å². The molecule has 0 fully saturated rings. The Kier molecular flexibility index (Phi) is 5.96. The van der Waals surface area contributed by atoms with Crippen LogP contribution < -0.4 is 10.3 Å². The van der Waals surface area contributed by atoms with E-state index in [1.807, 2.05) is 85.8 Å². The summed E-state index contributed by atoms with van der Waals surface area (Å²) in [4.78, 5) is 12.4. The quantitative estimate of drug-likeness (QED) is 0.413. The second-order valence-electron chi connectivity index (χ2n) is 7.28. The summed E-state index contributed by atoms with van der Waals surface area (Å²) in [6.45, 7) is 2.00. The van der Waals surface area contributed by atoms with Gasteiger partial charge in [-0.2, -0.15) is 5.10 Å². The molecule has 0 aliphatic carbocycles. The number of hydrogen-bond acceptors (Lipinski definition) is 4. The molecule has 0 N–H and O–H groups in total. The van der Waals surface area contributed by atoms with Crippen molar-refractivity contribution in [3.8, 4) is 33.9 Å². The molecule has 0 saturated heterocycles. The summed E-state index contributed by atoms with van der Waals surface area (Å²) < 4.78 is 12.9. The van der Waals surface area contributed by atoms with Crippen molar-refractivity contribution >= 4 is 0 Å². The summed E-state index contributed by atoms with van der Waals surface area (Å²) >= 11 is 0. The third kappa shape index (κ3) is 4.42. The zero-order valence-corrected chi connectivity index (χ0v) is 17.8. The number of para-hydroxylation sites is 2. The van der Waals surface area contributed by atoms with E-state index in [2.05, 4.69) is 5.10 Å². The van der Waals surface area contributed by atoms with E-state index in [0.29, 0.717) is 11.4 Å². The Bertz CT molecular complexity index is 1230. The number of methoxy groups -OCH3 is 1. The highest BCUT2D eigenvalue weighted by atomic mass is 16.5. The van der Waals surface area contributed by atoms with Crippen molar-refractivity contribution in [1.82, 2.24) is 9.78 Å². The Morgan fingerprint density at radius 1 is 0.871 bits per heavy atom. The molecule has 3 aromatic carbocycles. The highest BCUT2D eigenvalue weighted by molar-refractivity contribution is 5.83. The zero-order chi connectivity index (χ0) is 21.8. The van der Waals surface area contributed by atoms with Gasteiger partial charge in [-0.1, -0.05) is 54.6 Å². The van der Waals surface area contributed by atoms with Crippen LogP contribution in [0.5, 0.6) is 11.5 Å². The van der Waals surface area contributed by atoms with E-state index >= 15 is 0 Å². The smallest absolute Gasteiger partial charge is 0.267 e. The standard InChI is InChI=1S/C26H24N2O3/c1-18(30-3)19-13-15-20(16-14-19)23-17-25(29)28(2)27-26(23)22-11-7-8-12-24(22)31-21-9-5-4-6-10-21/h4-18H,1-3H3. The number of rotatable bonds is 6. The lowest BCUT2D eigenvalue weighted by Crippen LogP contribution is -2.19. The molecule has 156 valence electrons. The zero-order valence-electron chi connectivity index (χ0n) is 17.8. The number of hydrogen-bond donors (Lipinski definition) is 0. The Balaban J connectivity index is 1.83. The van der Waals surface area contributed by atoms with Crippen LogP contribution in [0, 0.1) is 0 Å². The highest BCUT2D eigenvalue weighted by Crippen LogP contribution is 2.37. The van der Waals surface area contributed by atoms with Crippen LogP contribution in [0.2, 0.25) is 0 Å². The van der Waals surface area contributed by atoms with Crippen LogP contribution in [-0.2, 0) is 11.8 Å². The number of nitrogens with zero attached hydrogens (tertiary/aromatic N) is 2. The van der Waals surface area contributed by atoms with Crippen molar-refractivity contribution in [3.05, 3.63) is 101 Å². The first-order valence-corrected chi connectivity index (χ1v) is 10.1. The van der Waals surface area contributed by atoms with Crippen molar-refractivity contribution in [1.29, 1.82) is 0 Å². The van der Waals surface area contributed by atoms with Gasteiger partial charge in [-0.15, -0.1) is 0 Å². The van der Waals surface area contributed by atoms with Gasteiger partial charge < -0.3 is 9.47 Å². The van der Waals surface area contributed by atoms with E-state index in [9.17, 15) is 4.79 Å².